The summed E-state index contributed by atoms with van der Waals surface area (Å²) in [6.45, 7) is 4.66. The van der Waals surface area contributed by atoms with Crippen molar-refractivity contribution in [3.63, 3.8) is 0 Å². The SMILES string of the molecule is CCNC(=NCCC(O)(c1nccn1C)C(F)(F)F)NCCc1ccc(C)c(OC)c1.I. The summed E-state index contributed by atoms with van der Waals surface area (Å²) in [4.78, 5) is 7.90. The van der Waals surface area contributed by atoms with E-state index >= 15 is 0 Å². The van der Waals surface area contributed by atoms with Crippen molar-refractivity contribution in [2.75, 3.05) is 26.7 Å². The molecule has 0 aliphatic rings. The minimum Gasteiger partial charge on any atom is -0.496 e. The summed E-state index contributed by atoms with van der Waals surface area (Å²) in [7, 11) is 3.03. The minimum atomic E-state index is -4.88. The topological polar surface area (TPSA) is 83.7 Å². The molecule has 0 saturated heterocycles. The molecular weight excluding hydrogens is 538 g/mol. The third kappa shape index (κ3) is 6.99. The number of aromatic nitrogens is 2. The zero-order valence-electron chi connectivity index (χ0n) is 18.7. The van der Waals surface area contributed by atoms with Crippen LogP contribution in [0.5, 0.6) is 5.75 Å². The molecule has 2 rings (SSSR count). The number of guanidine groups is 1. The smallest absolute Gasteiger partial charge is 0.424 e. The number of hydrogen-bond donors (Lipinski definition) is 3. The largest absolute Gasteiger partial charge is 0.496 e. The van der Waals surface area contributed by atoms with Gasteiger partial charge in [-0.25, -0.2) is 4.98 Å². The number of hydrogen-bond acceptors (Lipinski definition) is 4. The molecule has 2 aromatic rings. The van der Waals surface area contributed by atoms with Crippen LogP contribution < -0.4 is 15.4 Å². The Bertz CT molecular complexity index is 889. The summed E-state index contributed by atoms with van der Waals surface area (Å²) in [6, 6.07) is 5.93. The average Bonchev–Trinajstić information content (AvgIpc) is 3.14. The van der Waals surface area contributed by atoms with Crippen molar-refractivity contribution in [2.24, 2.45) is 12.0 Å². The van der Waals surface area contributed by atoms with Crippen LogP contribution >= 0.6 is 24.0 Å². The van der Waals surface area contributed by atoms with Crippen LogP contribution in [0.25, 0.3) is 0 Å². The molecule has 0 aliphatic carbocycles. The lowest BCUT2D eigenvalue weighted by molar-refractivity contribution is -0.272. The van der Waals surface area contributed by atoms with Crippen molar-refractivity contribution in [3.05, 3.63) is 47.5 Å². The number of aliphatic hydroxyl groups is 1. The minimum absolute atomic E-state index is 0. The Morgan fingerprint density at radius 2 is 2.00 bits per heavy atom. The molecule has 1 aromatic carbocycles. The van der Waals surface area contributed by atoms with Crippen LogP contribution in [0.4, 0.5) is 13.2 Å². The lowest BCUT2D eigenvalue weighted by Crippen LogP contribution is -2.45. The number of nitrogens with one attached hydrogen (secondary N) is 2. The first-order valence-corrected chi connectivity index (χ1v) is 10.0. The lowest BCUT2D eigenvalue weighted by Gasteiger charge is -2.29. The fourth-order valence-electron chi connectivity index (χ4n) is 3.16. The van der Waals surface area contributed by atoms with Gasteiger partial charge in [0.05, 0.1) is 7.11 Å². The summed E-state index contributed by atoms with van der Waals surface area (Å²) in [6.07, 6.45) is -2.26. The number of aryl methyl sites for hydroxylation is 2. The van der Waals surface area contributed by atoms with Gasteiger partial charge in [-0.1, -0.05) is 12.1 Å². The van der Waals surface area contributed by atoms with Crippen molar-refractivity contribution < 1.29 is 23.0 Å². The third-order valence-corrected chi connectivity index (χ3v) is 4.93. The first kappa shape index (κ1) is 28.0. The number of benzene rings is 1. The van der Waals surface area contributed by atoms with E-state index in [1.54, 1.807) is 7.11 Å². The maximum atomic E-state index is 13.6. The Morgan fingerprint density at radius 3 is 2.56 bits per heavy atom. The molecule has 1 atom stereocenters. The summed E-state index contributed by atoms with van der Waals surface area (Å²) in [5.41, 5.74) is -0.976. The standard InChI is InChI=1S/C21H30F3N5O2.HI/c1-5-25-19(27-10-8-16-7-6-15(2)17(14-16)31-4)28-11-9-20(30,21(22,23)24)18-26-12-13-29(18)3;/h6-7,12-14,30H,5,8-11H2,1-4H3,(H2,25,27,28);1H. The number of alkyl halides is 3. The van der Waals surface area contributed by atoms with Crippen molar-refractivity contribution >= 4 is 29.9 Å². The van der Waals surface area contributed by atoms with Gasteiger partial charge in [-0.3, -0.25) is 4.99 Å². The van der Waals surface area contributed by atoms with Crippen molar-refractivity contribution in [2.45, 2.75) is 38.5 Å². The molecule has 0 spiro atoms. The molecule has 7 nitrogen and oxygen atoms in total. The molecule has 0 fully saturated rings. The monoisotopic (exact) mass is 569 g/mol. The molecule has 3 N–H and O–H groups in total. The highest BCUT2D eigenvalue weighted by molar-refractivity contribution is 14.0. The highest BCUT2D eigenvalue weighted by Gasteiger charge is 2.57. The van der Waals surface area contributed by atoms with Gasteiger partial charge in [0.15, 0.2) is 5.96 Å². The van der Waals surface area contributed by atoms with E-state index in [1.807, 2.05) is 32.0 Å². The summed E-state index contributed by atoms with van der Waals surface area (Å²) in [5.74, 6) is 0.728. The van der Waals surface area contributed by atoms with Crippen LogP contribution in [-0.4, -0.2) is 53.5 Å². The normalized spacial score (nSPS) is 13.8. The predicted molar refractivity (Wildman–Crippen MR) is 129 cm³/mol. The molecule has 0 radical (unpaired) electrons. The van der Waals surface area contributed by atoms with Crippen LogP contribution in [0.2, 0.25) is 0 Å². The molecular formula is C21H31F3IN5O2. The summed E-state index contributed by atoms with van der Waals surface area (Å²) >= 11 is 0. The van der Waals surface area contributed by atoms with Crippen LogP contribution in [0.15, 0.2) is 35.6 Å². The van der Waals surface area contributed by atoms with Crippen molar-refractivity contribution in [1.82, 2.24) is 20.2 Å². The van der Waals surface area contributed by atoms with E-state index in [2.05, 4.69) is 20.6 Å². The number of nitrogens with zero attached hydrogens (tertiary/aromatic N) is 3. The van der Waals surface area contributed by atoms with Crippen molar-refractivity contribution in [1.29, 1.82) is 0 Å². The second-order valence-corrected chi connectivity index (χ2v) is 7.21. The number of ether oxygens (including phenoxy) is 1. The van der Waals surface area contributed by atoms with E-state index in [1.165, 1.54) is 19.4 Å². The Morgan fingerprint density at radius 1 is 1.28 bits per heavy atom. The molecule has 0 saturated carbocycles. The number of rotatable bonds is 9. The van der Waals surface area contributed by atoms with Gasteiger partial charge in [0.2, 0.25) is 5.60 Å². The van der Waals surface area contributed by atoms with E-state index in [-0.39, 0.29) is 30.5 Å². The molecule has 0 bridgehead atoms. The molecule has 180 valence electrons. The Kier molecular flexibility index (Phi) is 10.8. The van der Waals surface area contributed by atoms with E-state index in [4.69, 9.17) is 4.74 Å². The number of halogens is 4. The highest BCUT2D eigenvalue weighted by Crippen LogP contribution is 2.40. The van der Waals surface area contributed by atoms with Gasteiger partial charge in [-0.2, -0.15) is 13.2 Å². The van der Waals surface area contributed by atoms with Crippen LogP contribution in [0.3, 0.4) is 0 Å². The summed E-state index contributed by atoms with van der Waals surface area (Å²) in [5, 5.41) is 16.5. The van der Waals surface area contributed by atoms with E-state index in [0.717, 1.165) is 21.4 Å². The zero-order chi connectivity index (χ0) is 23.1. The van der Waals surface area contributed by atoms with Gasteiger partial charge < -0.3 is 25.0 Å². The number of imidazole rings is 1. The van der Waals surface area contributed by atoms with E-state index < -0.39 is 24.0 Å². The molecule has 1 heterocycles. The van der Waals surface area contributed by atoms with Gasteiger partial charge in [0, 0.05) is 45.5 Å². The van der Waals surface area contributed by atoms with Gasteiger partial charge >= 0.3 is 6.18 Å². The average molecular weight is 569 g/mol. The fourth-order valence-corrected chi connectivity index (χ4v) is 3.16. The van der Waals surface area contributed by atoms with Gasteiger partial charge in [0.1, 0.15) is 11.6 Å². The predicted octanol–water partition coefficient (Wildman–Crippen LogP) is 3.29. The van der Waals surface area contributed by atoms with Gasteiger partial charge in [-0.15, -0.1) is 24.0 Å². The Hall–Kier alpha value is -2.02. The Balaban J connectivity index is 0.00000512. The molecule has 0 amide bonds. The first-order chi connectivity index (χ1) is 14.6. The first-order valence-electron chi connectivity index (χ1n) is 10.0. The highest BCUT2D eigenvalue weighted by atomic mass is 127. The zero-order valence-corrected chi connectivity index (χ0v) is 21.0. The van der Waals surface area contributed by atoms with E-state index in [0.29, 0.717) is 25.5 Å². The Labute approximate surface area is 203 Å². The maximum Gasteiger partial charge on any atom is 0.424 e. The fraction of sp³-hybridized carbons (Fsp3) is 0.524. The maximum absolute atomic E-state index is 13.6. The quantitative estimate of drug-likeness (QED) is 0.246. The summed E-state index contributed by atoms with van der Waals surface area (Å²) < 4.78 is 47.3. The lowest BCUT2D eigenvalue weighted by atomic mass is 9.98. The van der Waals surface area contributed by atoms with Gasteiger partial charge in [0.25, 0.3) is 0 Å². The van der Waals surface area contributed by atoms with Crippen LogP contribution in [0, 0.1) is 6.92 Å². The third-order valence-electron chi connectivity index (χ3n) is 4.93. The van der Waals surface area contributed by atoms with Crippen molar-refractivity contribution in [3.8, 4) is 5.75 Å². The second-order valence-electron chi connectivity index (χ2n) is 7.21. The molecule has 11 heteroatoms. The molecule has 0 aliphatic heterocycles. The molecule has 1 unspecified atom stereocenters. The van der Waals surface area contributed by atoms with E-state index in [9.17, 15) is 18.3 Å². The van der Waals surface area contributed by atoms with Gasteiger partial charge in [-0.05, 0) is 37.5 Å². The van der Waals surface area contributed by atoms with Crippen LogP contribution in [-0.2, 0) is 19.1 Å². The second kappa shape index (κ2) is 12.3. The number of aliphatic imine (C=N–C) groups is 1. The number of methoxy groups -OCH3 is 1. The molecule has 1 aromatic heterocycles. The van der Waals surface area contributed by atoms with Crippen LogP contribution in [0.1, 0.15) is 30.3 Å². The molecule has 32 heavy (non-hydrogen) atoms.